The highest BCUT2D eigenvalue weighted by Crippen LogP contribution is 2.14. The van der Waals surface area contributed by atoms with Crippen molar-refractivity contribution in [2.24, 2.45) is 0 Å². The van der Waals surface area contributed by atoms with Gasteiger partial charge in [-0.3, -0.25) is 4.57 Å². The van der Waals surface area contributed by atoms with E-state index in [0.29, 0.717) is 16.3 Å². The third-order valence-corrected chi connectivity index (χ3v) is 1.68. The largest absolute Gasteiger partial charge is 0.421 e. The van der Waals surface area contributed by atoms with Gasteiger partial charge >= 0.3 is 5.76 Å². The van der Waals surface area contributed by atoms with Gasteiger partial charge < -0.3 is 4.42 Å². The molecule has 5 heteroatoms. The minimum Gasteiger partial charge on any atom is -0.406 e. The molecule has 2 rings (SSSR count). The zero-order chi connectivity index (χ0) is 8.72. The van der Waals surface area contributed by atoms with Crippen LogP contribution in [0, 0.1) is 7.05 Å². The summed E-state index contributed by atoms with van der Waals surface area (Å²) in [6, 6.07) is 1.52. The second kappa shape index (κ2) is 2.35. The summed E-state index contributed by atoms with van der Waals surface area (Å²) in [6.45, 7) is 0. The van der Waals surface area contributed by atoms with E-state index < -0.39 is 5.76 Å². The number of pyridine rings is 1. The van der Waals surface area contributed by atoms with E-state index in [9.17, 15) is 4.79 Å². The molecule has 0 aliphatic rings. The molecule has 0 saturated heterocycles. The van der Waals surface area contributed by atoms with E-state index >= 15 is 0 Å². The molecule has 61 valence electrons. The summed E-state index contributed by atoms with van der Waals surface area (Å²) in [7, 11) is 3.44. The van der Waals surface area contributed by atoms with Crippen molar-refractivity contribution in [3.63, 3.8) is 0 Å². The van der Waals surface area contributed by atoms with Gasteiger partial charge in [0.1, 0.15) is 0 Å². The normalized spacial score (nSPS) is 10.8. The maximum atomic E-state index is 10.9. The molecule has 0 aliphatic carbocycles. The number of hydrogen-bond acceptors (Lipinski definition) is 3. The van der Waals surface area contributed by atoms with E-state index in [1.807, 2.05) is 0 Å². The molecule has 0 amide bonds. The van der Waals surface area contributed by atoms with Crippen LogP contribution < -0.4 is 5.76 Å². The molecule has 0 atom stereocenters. The van der Waals surface area contributed by atoms with Crippen LogP contribution in [0.4, 0.5) is 0 Å². The number of fused-ring (bicyclic) bond motifs is 1. The molecule has 0 saturated carbocycles. The molecule has 0 bridgehead atoms. The third-order valence-electron chi connectivity index (χ3n) is 1.47. The van der Waals surface area contributed by atoms with E-state index in [-0.39, 0.29) is 0 Å². The first-order valence-electron chi connectivity index (χ1n) is 3.16. The van der Waals surface area contributed by atoms with Crippen LogP contribution in [-0.2, 0) is 0 Å². The van der Waals surface area contributed by atoms with E-state index in [2.05, 4.69) is 12.0 Å². The standard InChI is InChI=1S/C7H4ClN2O2/c1-10-6-5(12-7(10)11)2-4(8)3-9-6/h2-3H,1H2. The Morgan fingerprint density at radius 3 is 3.17 bits per heavy atom. The summed E-state index contributed by atoms with van der Waals surface area (Å²) < 4.78 is 5.85. The maximum absolute atomic E-state index is 10.9. The molecule has 2 heterocycles. The molecule has 0 spiro atoms. The van der Waals surface area contributed by atoms with Crippen LogP contribution in [0.5, 0.6) is 0 Å². The molecule has 2 aromatic heterocycles. The summed E-state index contributed by atoms with van der Waals surface area (Å²) in [4.78, 5) is 14.8. The molecule has 0 unspecified atom stereocenters. The lowest BCUT2D eigenvalue weighted by atomic mass is 10.4. The molecule has 4 nitrogen and oxygen atoms in total. The van der Waals surface area contributed by atoms with Crippen molar-refractivity contribution in [3.05, 3.63) is 34.9 Å². The Balaban J connectivity index is 2.96. The van der Waals surface area contributed by atoms with E-state index in [1.54, 1.807) is 0 Å². The predicted molar refractivity (Wildman–Crippen MR) is 44.0 cm³/mol. The van der Waals surface area contributed by atoms with Crippen molar-refractivity contribution in [1.82, 2.24) is 9.55 Å². The molecule has 0 aromatic carbocycles. The Morgan fingerprint density at radius 1 is 1.67 bits per heavy atom. The molecular formula is C7H4ClN2O2. The van der Waals surface area contributed by atoms with Gasteiger partial charge in [0, 0.05) is 19.3 Å². The van der Waals surface area contributed by atoms with E-state index in [1.165, 1.54) is 12.3 Å². The fraction of sp³-hybridized carbons (Fsp3) is 0. The summed E-state index contributed by atoms with van der Waals surface area (Å²) >= 11 is 5.63. The van der Waals surface area contributed by atoms with Crippen molar-refractivity contribution in [3.8, 4) is 0 Å². The van der Waals surface area contributed by atoms with Crippen molar-refractivity contribution in [2.75, 3.05) is 0 Å². The Morgan fingerprint density at radius 2 is 2.42 bits per heavy atom. The molecule has 0 fully saturated rings. The summed E-state index contributed by atoms with van der Waals surface area (Å²) in [6.07, 6.45) is 1.43. The maximum Gasteiger partial charge on any atom is 0.421 e. The number of rotatable bonds is 0. The lowest BCUT2D eigenvalue weighted by molar-refractivity contribution is 0.539. The molecule has 2 aromatic rings. The fourth-order valence-electron chi connectivity index (χ4n) is 0.927. The van der Waals surface area contributed by atoms with Crippen molar-refractivity contribution < 1.29 is 4.42 Å². The van der Waals surface area contributed by atoms with Crippen LogP contribution in [-0.4, -0.2) is 9.55 Å². The highest BCUT2D eigenvalue weighted by molar-refractivity contribution is 6.30. The Hall–Kier alpha value is -1.29. The second-order valence-electron chi connectivity index (χ2n) is 2.27. The van der Waals surface area contributed by atoms with E-state index in [4.69, 9.17) is 16.0 Å². The number of oxazole rings is 1. The summed E-state index contributed by atoms with van der Waals surface area (Å²) in [5.74, 6) is -0.542. The SMILES string of the molecule is [CH2]n1c(=O)oc2cc(Cl)cnc21. The van der Waals surface area contributed by atoms with Gasteiger partial charge in [0.05, 0.1) is 5.02 Å². The molecule has 0 aliphatic heterocycles. The Labute approximate surface area is 72.4 Å². The third kappa shape index (κ3) is 0.921. The predicted octanol–water partition coefficient (Wildman–Crippen LogP) is 1.28. The molecular weight excluding hydrogens is 180 g/mol. The van der Waals surface area contributed by atoms with Gasteiger partial charge in [-0.1, -0.05) is 11.6 Å². The molecule has 1 radical (unpaired) electrons. The summed E-state index contributed by atoms with van der Waals surface area (Å²) in [5, 5.41) is 0.428. The average molecular weight is 184 g/mol. The van der Waals surface area contributed by atoms with Gasteiger partial charge in [0.25, 0.3) is 0 Å². The van der Waals surface area contributed by atoms with Crippen LogP contribution in [0.25, 0.3) is 11.2 Å². The minimum atomic E-state index is -0.542. The van der Waals surface area contributed by atoms with Gasteiger partial charge in [-0.2, -0.15) is 0 Å². The zero-order valence-electron chi connectivity index (χ0n) is 5.95. The highest BCUT2D eigenvalue weighted by Gasteiger charge is 2.06. The number of halogens is 1. The van der Waals surface area contributed by atoms with Gasteiger partial charge in [0.2, 0.25) is 0 Å². The Bertz CT molecular complexity index is 486. The first kappa shape index (κ1) is 7.36. The average Bonchev–Trinajstić information content (AvgIpc) is 2.28. The topological polar surface area (TPSA) is 48.0 Å². The van der Waals surface area contributed by atoms with Crippen LogP contribution in [0.2, 0.25) is 5.02 Å². The Kier molecular flexibility index (Phi) is 1.44. The zero-order valence-corrected chi connectivity index (χ0v) is 6.71. The van der Waals surface area contributed by atoms with Gasteiger partial charge in [-0.25, -0.2) is 9.78 Å². The first-order valence-corrected chi connectivity index (χ1v) is 3.54. The fourth-order valence-corrected chi connectivity index (χ4v) is 1.07. The van der Waals surface area contributed by atoms with Crippen LogP contribution >= 0.6 is 11.6 Å². The van der Waals surface area contributed by atoms with Crippen molar-refractivity contribution in [1.29, 1.82) is 0 Å². The second-order valence-corrected chi connectivity index (χ2v) is 2.71. The van der Waals surface area contributed by atoms with Crippen molar-refractivity contribution in [2.45, 2.75) is 0 Å². The number of hydrogen-bond donors (Lipinski definition) is 0. The monoisotopic (exact) mass is 183 g/mol. The lowest BCUT2D eigenvalue weighted by Gasteiger charge is -1.89. The first-order chi connectivity index (χ1) is 5.68. The van der Waals surface area contributed by atoms with Crippen LogP contribution in [0.1, 0.15) is 0 Å². The van der Waals surface area contributed by atoms with Crippen molar-refractivity contribution >= 4 is 22.8 Å². The van der Waals surface area contributed by atoms with Crippen LogP contribution in [0.15, 0.2) is 21.5 Å². The van der Waals surface area contributed by atoms with Gasteiger partial charge in [0.15, 0.2) is 11.2 Å². The number of aromatic nitrogens is 2. The smallest absolute Gasteiger partial charge is 0.406 e. The number of nitrogens with zero attached hydrogens (tertiary/aromatic N) is 2. The van der Waals surface area contributed by atoms with Gasteiger partial charge in [-0.15, -0.1) is 0 Å². The van der Waals surface area contributed by atoms with Gasteiger partial charge in [-0.05, 0) is 0 Å². The summed E-state index contributed by atoms with van der Waals surface area (Å²) in [5.41, 5.74) is 0.743. The quantitative estimate of drug-likeness (QED) is 0.618. The lowest BCUT2D eigenvalue weighted by Crippen LogP contribution is -2.06. The molecule has 12 heavy (non-hydrogen) atoms. The van der Waals surface area contributed by atoms with Crippen LogP contribution in [0.3, 0.4) is 0 Å². The minimum absolute atomic E-state index is 0.350. The molecule has 0 N–H and O–H groups in total. The van der Waals surface area contributed by atoms with E-state index in [0.717, 1.165) is 4.57 Å². The highest BCUT2D eigenvalue weighted by atomic mass is 35.5.